The first-order valence-electron chi connectivity index (χ1n) is 6.45. The summed E-state index contributed by atoms with van der Waals surface area (Å²) in [5.74, 6) is 0.00247. The number of aryl methyl sites for hydroxylation is 2. The molecule has 0 unspecified atom stereocenters. The Morgan fingerprint density at radius 1 is 1.38 bits per heavy atom. The van der Waals surface area contributed by atoms with E-state index in [0.717, 1.165) is 16.5 Å². The molecule has 6 nitrogen and oxygen atoms in total. The maximum absolute atomic E-state index is 12.4. The Labute approximate surface area is 132 Å². The van der Waals surface area contributed by atoms with E-state index in [4.69, 9.17) is 5.73 Å². The van der Waals surface area contributed by atoms with Crippen molar-refractivity contribution in [1.82, 2.24) is 9.78 Å². The first kappa shape index (κ1) is 15.8. The summed E-state index contributed by atoms with van der Waals surface area (Å²) in [5.41, 5.74) is 7.13. The minimum absolute atomic E-state index is 0.00247. The SMILES string of the molecule is CCCn1cc(S(=O)(=O)Nc2cc(C)cc(Br)c2)c(N)n1. The molecule has 1 heterocycles. The van der Waals surface area contributed by atoms with Crippen molar-refractivity contribution >= 4 is 37.5 Å². The van der Waals surface area contributed by atoms with Gasteiger partial charge in [0.15, 0.2) is 5.82 Å². The summed E-state index contributed by atoms with van der Waals surface area (Å²) in [6, 6.07) is 5.33. The highest BCUT2D eigenvalue weighted by molar-refractivity contribution is 9.10. The number of nitrogen functional groups attached to an aromatic ring is 1. The number of nitrogens with one attached hydrogen (secondary N) is 1. The van der Waals surface area contributed by atoms with Gasteiger partial charge < -0.3 is 5.73 Å². The second kappa shape index (κ2) is 6.07. The van der Waals surface area contributed by atoms with Crippen molar-refractivity contribution in [1.29, 1.82) is 0 Å². The summed E-state index contributed by atoms with van der Waals surface area (Å²) in [5, 5.41) is 4.01. The lowest BCUT2D eigenvalue weighted by molar-refractivity contribution is 0.595. The maximum Gasteiger partial charge on any atom is 0.267 e. The average molecular weight is 373 g/mol. The third kappa shape index (κ3) is 3.76. The second-order valence-electron chi connectivity index (χ2n) is 4.76. The third-order valence-electron chi connectivity index (χ3n) is 2.79. The molecule has 0 aliphatic carbocycles. The summed E-state index contributed by atoms with van der Waals surface area (Å²) >= 11 is 3.34. The van der Waals surface area contributed by atoms with Gasteiger partial charge in [0.25, 0.3) is 10.0 Å². The molecule has 1 aromatic heterocycles. The number of nitrogens with two attached hydrogens (primary N) is 1. The normalized spacial score (nSPS) is 11.6. The van der Waals surface area contributed by atoms with Crippen LogP contribution in [0.15, 0.2) is 33.8 Å². The van der Waals surface area contributed by atoms with Gasteiger partial charge in [-0.15, -0.1) is 0 Å². The Kier molecular flexibility index (Phi) is 4.58. The van der Waals surface area contributed by atoms with Gasteiger partial charge in [0, 0.05) is 17.2 Å². The molecule has 2 rings (SSSR count). The lowest BCUT2D eigenvalue weighted by atomic mass is 10.2. The van der Waals surface area contributed by atoms with Gasteiger partial charge in [-0.25, -0.2) is 8.42 Å². The number of rotatable bonds is 5. The zero-order valence-corrected chi connectivity index (χ0v) is 14.2. The second-order valence-corrected chi connectivity index (χ2v) is 7.33. The van der Waals surface area contributed by atoms with Crippen molar-refractivity contribution in [3.8, 4) is 0 Å². The molecule has 0 atom stereocenters. The Balaban J connectivity index is 2.33. The monoisotopic (exact) mass is 372 g/mol. The van der Waals surface area contributed by atoms with Gasteiger partial charge in [0.05, 0.1) is 5.69 Å². The largest absolute Gasteiger partial charge is 0.381 e. The summed E-state index contributed by atoms with van der Waals surface area (Å²) in [7, 11) is -3.75. The first-order chi connectivity index (χ1) is 9.81. The van der Waals surface area contributed by atoms with Gasteiger partial charge >= 0.3 is 0 Å². The highest BCUT2D eigenvalue weighted by atomic mass is 79.9. The van der Waals surface area contributed by atoms with E-state index in [1.165, 1.54) is 10.9 Å². The van der Waals surface area contributed by atoms with Crippen LogP contribution >= 0.6 is 15.9 Å². The van der Waals surface area contributed by atoms with Crippen LogP contribution in [-0.2, 0) is 16.6 Å². The van der Waals surface area contributed by atoms with E-state index in [0.29, 0.717) is 12.2 Å². The van der Waals surface area contributed by atoms with Crippen molar-refractivity contribution in [3.63, 3.8) is 0 Å². The quantitative estimate of drug-likeness (QED) is 0.843. The molecule has 2 aromatic rings. The number of hydrogen-bond acceptors (Lipinski definition) is 4. The molecule has 1 aromatic carbocycles. The summed E-state index contributed by atoms with van der Waals surface area (Å²) in [4.78, 5) is -0.00595. The Morgan fingerprint density at radius 3 is 2.71 bits per heavy atom. The number of sulfonamides is 1. The fourth-order valence-corrected chi connectivity index (χ4v) is 3.70. The fraction of sp³-hybridized carbons (Fsp3) is 0.308. The number of hydrogen-bond donors (Lipinski definition) is 2. The zero-order chi connectivity index (χ0) is 15.6. The number of benzene rings is 1. The lowest BCUT2D eigenvalue weighted by Gasteiger charge is -2.08. The van der Waals surface area contributed by atoms with Crippen LogP contribution in [0.5, 0.6) is 0 Å². The van der Waals surface area contributed by atoms with Crippen molar-refractivity contribution in [2.24, 2.45) is 0 Å². The molecule has 0 saturated carbocycles. The smallest absolute Gasteiger partial charge is 0.267 e. The minimum atomic E-state index is -3.75. The molecule has 0 radical (unpaired) electrons. The van der Waals surface area contributed by atoms with Crippen LogP contribution in [0.1, 0.15) is 18.9 Å². The van der Waals surface area contributed by atoms with Gasteiger partial charge in [-0.1, -0.05) is 22.9 Å². The lowest BCUT2D eigenvalue weighted by Crippen LogP contribution is -2.14. The van der Waals surface area contributed by atoms with Crippen LogP contribution in [0.4, 0.5) is 11.5 Å². The van der Waals surface area contributed by atoms with E-state index >= 15 is 0 Å². The molecule has 0 saturated heterocycles. The fourth-order valence-electron chi connectivity index (χ4n) is 1.97. The third-order valence-corrected chi connectivity index (χ3v) is 4.65. The van der Waals surface area contributed by atoms with Gasteiger partial charge in [-0.3, -0.25) is 9.40 Å². The van der Waals surface area contributed by atoms with Gasteiger partial charge in [0.2, 0.25) is 0 Å². The number of halogens is 1. The first-order valence-corrected chi connectivity index (χ1v) is 8.72. The van der Waals surface area contributed by atoms with E-state index in [1.807, 2.05) is 19.9 Å². The zero-order valence-electron chi connectivity index (χ0n) is 11.8. The molecule has 21 heavy (non-hydrogen) atoms. The molecule has 0 aliphatic heterocycles. The highest BCUT2D eigenvalue weighted by Gasteiger charge is 2.21. The molecule has 0 fully saturated rings. The van der Waals surface area contributed by atoms with Crippen LogP contribution in [0.2, 0.25) is 0 Å². The number of nitrogens with zero attached hydrogens (tertiary/aromatic N) is 2. The topological polar surface area (TPSA) is 90.0 Å². The Hall–Kier alpha value is -1.54. The van der Waals surface area contributed by atoms with Crippen molar-refractivity contribution in [2.45, 2.75) is 31.7 Å². The molecule has 0 amide bonds. The van der Waals surface area contributed by atoms with Crippen LogP contribution in [0, 0.1) is 6.92 Å². The molecule has 0 aliphatic rings. The van der Waals surface area contributed by atoms with E-state index in [-0.39, 0.29) is 10.7 Å². The van der Waals surface area contributed by atoms with Crippen LogP contribution in [-0.4, -0.2) is 18.2 Å². The molecular weight excluding hydrogens is 356 g/mol. The molecule has 3 N–H and O–H groups in total. The van der Waals surface area contributed by atoms with Crippen LogP contribution < -0.4 is 10.5 Å². The molecule has 0 bridgehead atoms. The van der Waals surface area contributed by atoms with Crippen LogP contribution in [0.25, 0.3) is 0 Å². The maximum atomic E-state index is 12.4. The standard InChI is InChI=1S/C13H17BrN4O2S/c1-3-4-18-8-12(13(15)16-18)21(19,20)17-11-6-9(2)5-10(14)7-11/h5-8,17H,3-4H2,1-2H3,(H2,15,16). The molecule has 8 heteroatoms. The van der Waals surface area contributed by atoms with E-state index in [1.54, 1.807) is 12.1 Å². The van der Waals surface area contributed by atoms with Gasteiger partial charge in [0.1, 0.15) is 4.90 Å². The van der Waals surface area contributed by atoms with Crippen molar-refractivity contribution in [3.05, 3.63) is 34.4 Å². The highest BCUT2D eigenvalue weighted by Crippen LogP contribution is 2.24. The Bertz CT molecular complexity index is 735. The van der Waals surface area contributed by atoms with Crippen molar-refractivity contribution in [2.75, 3.05) is 10.5 Å². The van der Waals surface area contributed by atoms with Crippen molar-refractivity contribution < 1.29 is 8.42 Å². The van der Waals surface area contributed by atoms with E-state index < -0.39 is 10.0 Å². The summed E-state index contributed by atoms with van der Waals surface area (Å²) < 4.78 is 29.7. The van der Waals surface area contributed by atoms with E-state index in [2.05, 4.69) is 25.8 Å². The van der Waals surface area contributed by atoms with Gasteiger partial charge in [-0.05, 0) is 37.1 Å². The molecular formula is C13H17BrN4O2S. The van der Waals surface area contributed by atoms with Gasteiger partial charge in [-0.2, -0.15) is 5.10 Å². The number of anilines is 2. The molecule has 114 valence electrons. The predicted octanol–water partition coefficient (Wildman–Crippen LogP) is 2.75. The number of aromatic nitrogens is 2. The Morgan fingerprint density at radius 2 is 2.10 bits per heavy atom. The summed E-state index contributed by atoms with van der Waals surface area (Å²) in [6.45, 7) is 4.49. The van der Waals surface area contributed by atoms with E-state index in [9.17, 15) is 8.42 Å². The predicted molar refractivity (Wildman–Crippen MR) is 86.6 cm³/mol. The minimum Gasteiger partial charge on any atom is -0.381 e. The van der Waals surface area contributed by atoms with Crippen LogP contribution in [0.3, 0.4) is 0 Å². The average Bonchev–Trinajstić information content (AvgIpc) is 2.69. The summed E-state index contributed by atoms with van der Waals surface area (Å²) in [6.07, 6.45) is 2.30. The molecule has 0 spiro atoms.